The van der Waals surface area contributed by atoms with Gasteiger partial charge in [0.15, 0.2) is 0 Å². The standard InChI is InChI=1S/C57H38N2S2/c1-7-19-39(20-8-1)41-31-33-47-48-34-32-42(40-21-9-2-10-22-40)36-52(48)57(51(47)35-41)55-49(37-53(60-55)58(43-23-11-3-12-24-43)44-25-13-4-14-26-44)50-38-54(61-56(50)57)59(45-27-15-5-16-28-45)46-29-17-6-18-30-46/h1-38H. The van der Waals surface area contributed by atoms with Gasteiger partial charge < -0.3 is 9.80 Å². The number of thiophene rings is 2. The maximum Gasteiger partial charge on any atom is 0.101 e. The molecule has 0 saturated heterocycles. The summed E-state index contributed by atoms with van der Waals surface area (Å²) in [7, 11) is 0. The number of hydrogen-bond acceptors (Lipinski definition) is 4. The number of anilines is 6. The minimum absolute atomic E-state index is 0.561. The van der Waals surface area contributed by atoms with Gasteiger partial charge in [-0.15, -0.1) is 22.7 Å². The third kappa shape index (κ3) is 5.68. The molecule has 4 heteroatoms. The third-order valence-corrected chi connectivity index (χ3v) is 14.7. The van der Waals surface area contributed by atoms with Crippen molar-refractivity contribution in [2.45, 2.75) is 5.41 Å². The summed E-state index contributed by atoms with van der Waals surface area (Å²) in [5, 5.41) is 2.38. The van der Waals surface area contributed by atoms with Crippen LogP contribution in [0, 0.1) is 0 Å². The number of hydrogen-bond donors (Lipinski definition) is 0. The number of nitrogens with zero attached hydrogens (tertiary/aromatic N) is 2. The van der Waals surface area contributed by atoms with E-state index in [9.17, 15) is 0 Å². The van der Waals surface area contributed by atoms with E-state index in [1.54, 1.807) is 0 Å². The summed E-state index contributed by atoms with van der Waals surface area (Å²) in [5.41, 5.74) is 16.7. The molecule has 0 radical (unpaired) electrons. The summed E-state index contributed by atoms with van der Waals surface area (Å²) >= 11 is 3.87. The highest BCUT2D eigenvalue weighted by Gasteiger charge is 2.55. The minimum Gasteiger partial charge on any atom is -0.302 e. The molecular formula is C57H38N2S2. The quantitative estimate of drug-likeness (QED) is 0.151. The van der Waals surface area contributed by atoms with E-state index in [1.165, 1.54) is 75.4 Å². The normalized spacial score (nSPS) is 12.7. The second kappa shape index (κ2) is 14.5. The van der Waals surface area contributed by atoms with Crippen molar-refractivity contribution in [1.82, 2.24) is 0 Å². The lowest BCUT2D eigenvalue weighted by Crippen LogP contribution is -2.24. The lowest BCUT2D eigenvalue weighted by molar-refractivity contribution is 0.831. The van der Waals surface area contributed by atoms with E-state index in [2.05, 4.69) is 240 Å². The summed E-state index contributed by atoms with van der Waals surface area (Å²) in [6, 6.07) is 84.3. The molecule has 0 bridgehead atoms. The Morgan fingerprint density at radius 1 is 0.279 bits per heavy atom. The Balaban J connectivity index is 1.18. The molecule has 2 aromatic heterocycles. The Bertz CT molecular complexity index is 2880. The van der Waals surface area contributed by atoms with E-state index in [1.807, 2.05) is 22.7 Å². The molecule has 12 rings (SSSR count). The summed E-state index contributed by atoms with van der Waals surface area (Å²) in [6.07, 6.45) is 0. The van der Waals surface area contributed by atoms with Gasteiger partial charge in [-0.25, -0.2) is 0 Å². The predicted octanol–water partition coefficient (Wildman–Crippen LogP) is 16.4. The Labute approximate surface area is 364 Å². The van der Waals surface area contributed by atoms with Gasteiger partial charge in [0.1, 0.15) is 10.0 Å². The zero-order valence-corrected chi connectivity index (χ0v) is 34.8. The fourth-order valence-corrected chi connectivity index (χ4v) is 12.5. The Morgan fingerprint density at radius 2 is 0.590 bits per heavy atom. The van der Waals surface area contributed by atoms with E-state index < -0.39 is 5.41 Å². The first-order valence-corrected chi connectivity index (χ1v) is 22.4. The molecule has 0 aliphatic heterocycles. The summed E-state index contributed by atoms with van der Waals surface area (Å²) < 4.78 is 0. The molecule has 0 saturated carbocycles. The molecule has 2 heterocycles. The average Bonchev–Trinajstić information content (AvgIpc) is 4.08. The summed E-state index contributed by atoms with van der Waals surface area (Å²) in [4.78, 5) is 7.60. The van der Waals surface area contributed by atoms with Crippen LogP contribution in [0.2, 0.25) is 0 Å². The molecule has 8 aromatic carbocycles. The molecule has 0 unspecified atom stereocenters. The Hall–Kier alpha value is -7.24. The fourth-order valence-electron chi connectivity index (χ4n) is 9.59. The Morgan fingerprint density at radius 3 is 0.918 bits per heavy atom. The second-order valence-corrected chi connectivity index (χ2v) is 17.7. The van der Waals surface area contributed by atoms with Gasteiger partial charge in [0.05, 0.1) is 5.41 Å². The van der Waals surface area contributed by atoms with Gasteiger partial charge in [-0.2, -0.15) is 0 Å². The maximum atomic E-state index is 2.50. The highest BCUT2D eigenvalue weighted by Crippen LogP contribution is 2.69. The molecule has 0 N–H and O–H groups in total. The molecule has 61 heavy (non-hydrogen) atoms. The van der Waals surface area contributed by atoms with E-state index in [-0.39, 0.29) is 0 Å². The molecule has 2 nitrogen and oxygen atoms in total. The highest BCUT2D eigenvalue weighted by atomic mass is 32.1. The van der Waals surface area contributed by atoms with Crippen molar-refractivity contribution in [2.24, 2.45) is 0 Å². The molecule has 2 aliphatic rings. The van der Waals surface area contributed by atoms with Crippen molar-refractivity contribution < 1.29 is 0 Å². The lowest BCUT2D eigenvalue weighted by atomic mass is 9.76. The highest BCUT2D eigenvalue weighted by molar-refractivity contribution is 7.19. The fraction of sp³-hybridized carbons (Fsp3) is 0.0175. The van der Waals surface area contributed by atoms with Gasteiger partial charge in [-0.1, -0.05) is 158 Å². The molecule has 0 fully saturated rings. The minimum atomic E-state index is -0.561. The van der Waals surface area contributed by atoms with Crippen molar-refractivity contribution >= 4 is 55.4 Å². The van der Waals surface area contributed by atoms with Gasteiger partial charge in [-0.05, 0) is 117 Å². The van der Waals surface area contributed by atoms with E-state index in [0.717, 1.165) is 22.7 Å². The maximum absolute atomic E-state index is 2.50. The van der Waals surface area contributed by atoms with Crippen LogP contribution in [0.1, 0.15) is 20.9 Å². The van der Waals surface area contributed by atoms with Gasteiger partial charge >= 0.3 is 0 Å². The first-order chi connectivity index (χ1) is 30.3. The van der Waals surface area contributed by atoms with Gasteiger partial charge in [0.2, 0.25) is 0 Å². The number of benzene rings is 8. The predicted molar refractivity (Wildman–Crippen MR) is 259 cm³/mol. The molecular weight excluding hydrogens is 777 g/mol. The second-order valence-electron chi connectivity index (χ2n) is 15.7. The summed E-state index contributed by atoms with van der Waals surface area (Å²) in [6.45, 7) is 0. The van der Waals surface area contributed by atoms with Crippen LogP contribution in [0.15, 0.2) is 231 Å². The van der Waals surface area contributed by atoms with Crippen LogP contribution in [-0.2, 0) is 5.41 Å². The van der Waals surface area contributed by atoms with Crippen LogP contribution in [0.5, 0.6) is 0 Å². The molecule has 0 amide bonds. The van der Waals surface area contributed by atoms with Crippen LogP contribution in [0.4, 0.5) is 32.8 Å². The number of para-hydroxylation sites is 4. The molecule has 288 valence electrons. The van der Waals surface area contributed by atoms with Crippen molar-refractivity contribution in [3.8, 4) is 44.5 Å². The summed E-state index contributed by atoms with van der Waals surface area (Å²) in [5.74, 6) is 0. The van der Waals surface area contributed by atoms with Crippen molar-refractivity contribution in [2.75, 3.05) is 9.80 Å². The van der Waals surface area contributed by atoms with Crippen molar-refractivity contribution in [3.63, 3.8) is 0 Å². The molecule has 1 spiro atoms. The van der Waals surface area contributed by atoms with Crippen LogP contribution in [0.25, 0.3) is 44.5 Å². The third-order valence-electron chi connectivity index (χ3n) is 12.3. The average molecular weight is 815 g/mol. The monoisotopic (exact) mass is 814 g/mol. The largest absolute Gasteiger partial charge is 0.302 e. The number of fused-ring (bicyclic) bond motifs is 10. The van der Waals surface area contributed by atoms with Gasteiger partial charge in [0.25, 0.3) is 0 Å². The van der Waals surface area contributed by atoms with Crippen LogP contribution in [0.3, 0.4) is 0 Å². The zero-order valence-electron chi connectivity index (χ0n) is 33.2. The van der Waals surface area contributed by atoms with Crippen LogP contribution < -0.4 is 9.80 Å². The van der Waals surface area contributed by atoms with E-state index >= 15 is 0 Å². The van der Waals surface area contributed by atoms with Crippen LogP contribution in [-0.4, -0.2) is 0 Å². The number of rotatable bonds is 8. The lowest BCUT2D eigenvalue weighted by Gasteiger charge is -2.30. The first-order valence-electron chi connectivity index (χ1n) is 20.8. The van der Waals surface area contributed by atoms with Crippen molar-refractivity contribution in [3.05, 3.63) is 251 Å². The Kier molecular flexibility index (Phi) is 8.48. The molecule has 10 aromatic rings. The smallest absolute Gasteiger partial charge is 0.101 e. The zero-order chi connectivity index (χ0) is 40.3. The van der Waals surface area contributed by atoms with Gasteiger partial charge in [0, 0.05) is 43.6 Å². The first kappa shape index (κ1) is 35.7. The van der Waals surface area contributed by atoms with E-state index in [0.29, 0.717) is 0 Å². The molecule has 2 aliphatic carbocycles. The van der Waals surface area contributed by atoms with Gasteiger partial charge in [-0.3, -0.25) is 0 Å². The van der Waals surface area contributed by atoms with E-state index in [4.69, 9.17) is 0 Å². The SMILES string of the molecule is c1ccc(-c2ccc3c(c2)C2(c4cc(-c5ccccc5)ccc4-3)c3sc(N(c4ccccc4)c4ccccc4)cc3-c3cc(N(c4ccccc4)c4ccccc4)sc32)cc1. The van der Waals surface area contributed by atoms with Crippen molar-refractivity contribution in [1.29, 1.82) is 0 Å². The van der Waals surface area contributed by atoms with Crippen LogP contribution >= 0.6 is 22.7 Å². The topological polar surface area (TPSA) is 6.48 Å². The molecule has 0 atom stereocenters.